The van der Waals surface area contributed by atoms with Crippen LogP contribution in [-0.2, 0) is 22.4 Å². The molecule has 0 bridgehead atoms. The van der Waals surface area contributed by atoms with Gasteiger partial charge >= 0.3 is 6.09 Å². The minimum Gasteiger partial charge on any atom is -0.478 e. The fourth-order valence-electron chi connectivity index (χ4n) is 3.95. The van der Waals surface area contributed by atoms with Gasteiger partial charge in [-0.3, -0.25) is 4.79 Å². The molecule has 0 aromatic heterocycles. The predicted molar refractivity (Wildman–Crippen MR) is 114 cm³/mol. The zero-order chi connectivity index (χ0) is 21.2. The number of amides is 2. The number of rotatable bonds is 4. The maximum absolute atomic E-state index is 12.9. The molecule has 6 nitrogen and oxygen atoms in total. The van der Waals surface area contributed by atoms with Crippen molar-refractivity contribution >= 4 is 17.7 Å². The first-order valence-corrected chi connectivity index (χ1v) is 10.8. The Morgan fingerprint density at radius 1 is 1.14 bits per heavy atom. The van der Waals surface area contributed by atoms with E-state index in [0.29, 0.717) is 19.6 Å². The summed E-state index contributed by atoms with van der Waals surface area (Å²) in [6.07, 6.45) is 3.36. The van der Waals surface area contributed by atoms with Gasteiger partial charge in [-0.2, -0.15) is 0 Å². The molecule has 0 fully saturated rings. The summed E-state index contributed by atoms with van der Waals surface area (Å²) in [6.45, 7) is 11.7. The number of carbonyl (C=O) groups excluding carboxylic acids is 2. The Morgan fingerprint density at radius 2 is 1.79 bits per heavy atom. The van der Waals surface area contributed by atoms with E-state index in [4.69, 9.17) is 9.47 Å². The molecule has 2 heterocycles. The van der Waals surface area contributed by atoms with E-state index >= 15 is 0 Å². The van der Waals surface area contributed by atoms with Crippen molar-refractivity contribution in [3.63, 3.8) is 0 Å². The van der Waals surface area contributed by atoms with Crippen LogP contribution in [0.1, 0.15) is 65.0 Å². The fraction of sp³-hybridized carbons (Fsp3) is 0.652. The van der Waals surface area contributed by atoms with Crippen LogP contribution in [0.4, 0.5) is 10.5 Å². The first kappa shape index (κ1) is 21.5. The number of anilines is 1. The van der Waals surface area contributed by atoms with E-state index < -0.39 is 11.7 Å². The molecule has 0 aliphatic carbocycles. The molecule has 6 heteroatoms. The summed E-state index contributed by atoms with van der Waals surface area (Å²) in [7, 11) is 0. The maximum Gasteiger partial charge on any atom is 0.410 e. The predicted octanol–water partition coefficient (Wildman–Crippen LogP) is 4.33. The van der Waals surface area contributed by atoms with Gasteiger partial charge in [0.1, 0.15) is 11.4 Å². The van der Waals surface area contributed by atoms with Gasteiger partial charge in [0.25, 0.3) is 5.91 Å². The molecule has 3 rings (SSSR count). The number of nitrogens with zero attached hydrogens (tertiary/aromatic N) is 2. The van der Waals surface area contributed by atoms with Gasteiger partial charge in [0.05, 0.1) is 5.69 Å². The van der Waals surface area contributed by atoms with Gasteiger partial charge in [0.2, 0.25) is 0 Å². The van der Waals surface area contributed by atoms with Crippen LogP contribution in [0, 0.1) is 0 Å². The molecule has 2 amide bonds. The normalized spacial score (nSPS) is 19.2. The molecule has 0 saturated carbocycles. The van der Waals surface area contributed by atoms with Gasteiger partial charge in [-0.25, -0.2) is 4.79 Å². The number of ether oxygens (including phenoxy) is 2. The van der Waals surface area contributed by atoms with Crippen LogP contribution in [-0.4, -0.2) is 48.2 Å². The molecule has 0 N–H and O–H groups in total. The molecule has 1 aromatic rings. The van der Waals surface area contributed by atoms with Crippen molar-refractivity contribution in [2.75, 3.05) is 24.5 Å². The van der Waals surface area contributed by atoms with Crippen molar-refractivity contribution in [1.29, 1.82) is 0 Å². The van der Waals surface area contributed by atoms with E-state index in [1.165, 1.54) is 11.1 Å². The van der Waals surface area contributed by atoms with E-state index in [9.17, 15) is 9.59 Å². The second-order valence-electron chi connectivity index (χ2n) is 8.94. The van der Waals surface area contributed by atoms with Gasteiger partial charge in [0.15, 0.2) is 6.10 Å². The third-order valence-electron chi connectivity index (χ3n) is 5.33. The lowest BCUT2D eigenvalue weighted by Gasteiger charge is -2.35. The summed E-state index contributed by atoms with van der Waals surface area (Å²) in [5.41, 5.74) is 2.74. The van der Waals surface area contributed by atoms with Crippen molar-refractivity contribution in [2.45, 2.75) is 78.4 Å². The number of hydrogen-bond donors (Lipinski definition) is 0. The quantitative estimate of drug-likeness (QED) is 0.752. The van der Waals surface area contributed by atoms with E-state index in [1.54, 1.807) is 4.90 Å². The highest BCUT2D eigenvalue weighted by atomic mass is 16.6. The average molecular weight is 403 g/mol. The van der Waals surface area contributed by atoms with Crippen LogP contribution >= 0.6 is 0 Å². The van der Waals surface area contributed by atoms with Gasteiger partial charge < -0.3 is 19.3 Å². The number of hydrogen-bond acceptors (Lipinski definition) is 4. The average Bonchev–Trinajstić information content (AvgIpc) is 2.85. The smallest absolute Gasteiger partial charge is 0.410 e. The Bertz CT molecular complexity index is 769. The van der Waals surface area contributed by atoms with Crippen molar-refractivity contribution < 1.29 is 19.1 Å². The van der Waals surface area contributed by atoms with Gasteiger partial charge in [0, 0.05) is 19.6 Å². The van der Waals surface area contributed by atoms with Crippen LogP contribution in [0.3, 0.4) is 0 Å². The van der Waals surface area contributed by atoms with E-state index in [0.717, 1.165) is 43.5 Å². The molecular weight excluding hydrogens is 368 g/mol. The zero-order valence-corrected chi connectivity index (χ0v) is 18.4. The highest BCUT2D eigenvalue weighted by Gasteiger charge is 2.34. The summed E-state index contributed by atoms with van der Waals surface area (Å²) >= 11 is 0. The summed E-state index contributed by atoms with van der Waals surface area (Å²) in [6, 6.07) is 4.18. The lowest BCUT2D eigenvalue weighted by Crippen LogP contribution is -2.46. The zero-order valence-electron chi connectivity index (χ0n) is 18.4. The molecule has 0 spiro atoms. The first-order chi connectivity index (χ1) is 13.7. The number of fused-ring (bicyclic) bond motifs is 2. The van der Waals surface area contributed by atoms with E-state index in [2.05, 4.69) is 26.0 Å². The molecule has 1 aromatic carbocycles. The van der Waals surface area contributed by atoms with Gasteiger partial charge in [-0.15, -0.1) is 0 Å². The Morgan fingerprint density at radius 3 is 2.38 bits per heavy atom. The van der Waals surface area contributed by atoms with Crippen molar-refractivity contribution in [2.24, 2.45) is 0 Å². The summed E-state index contributed by atoms with van der Waals surface area (Å²) in [5.74, 6) is 0.853. The highest BCUT2D eigenvalue weighted by molar-refractivity contribution is 6.00. The molecular formula is C23H34N2O4. The minimum absolute atomic E-state index is 0.0603. The standard InChI is InChI=1S/C23H34N2O4/c1-6-8-19-21(26)25(11-7-2)18-14-16-9-12-24(22(27)29-23(3,4)5)13-10-17(16)15-20(18)28-19/h14-15,19H,6-13H2,1-5H3. The van der Waals surface area contributed by atoms with Crippen molar-refractivity contribution in [3.05, 3.63) is 23.3 Å². The molecule has 2 aliphatic rings. The van der Waals surface area contributed by atoms with Crippen molar-refractivity contribution in [1.82, 2.24) is 4.90 Å². The molecule has 2 aliphatic heterocycles. The Kier molecular flexibility index (Phi) is 6.39. The highest BCUT2D eigenvalue weighted by Crippen LogP contribution is 2.38. The van der Waals surface area contributed by atoms with Crippen LogP contribution < -0.4 is 9.64 Å². The Balaban J connectivity index is 1.85. The second-order valence-corrected chi connectivity index (χ2v) is 8.94. The summed E-state index contributed by atoms with van der Waals surface area (Å²) in [5, 5.41) is 0. The SMILES string of the molecule is CCCC1Oc2cc3c(cc2N(CCC)C1=O)CCN(C(=O)OC(C)(C)C)CC3. The molecule has 0 saturated heterocycles. The van der Waals surface area contributed by atoms with Crippen LogP contribution in [0.2, 0.25) is 0 Å². The molecule has 1 unspecified atom stereocenters. The largest absolute Gasteiger partial charge is 0.478 e. The first-order valence-electron chi connectivity index (χ1n) is 10.8. The fourth-order valence-corrected chi connectivity index (χ4v) is 3.95. The lowest BCUT2D eigenvalue weighted by atomic mass is 9.99. The monoisotopic (exact) mass is 402 g/mol. The minimum atomic E-state index is -0.502. The third-order valence-corrected chi connectivity index (χ3v) is 5.33. The molecule has 1 atom stereocenters. The molecule has 0 radical (unpaired) electrons. The maximum atomic E-state index is 12.9. The number of benzene rings is 1. The number of carbonyl (C=O) groups is 2. The Hall–Kier alpha value is -2.24. The van der Waals surface area contributed by atoms with Gasteiger partial charge in [-0.05, 0) is 69.7 Å². The van der Waals surface area contributed by atoms with E-state index in [-0.39, 0.29) is 12.0 Å². The second kappa shape index (κ2) is 8.64. The van der Waals surface area contributed by atoms with Crippen LogP contribution in [0.5, 0.6) is 5.75 Å². The van der Waals surface area contributed by atoms with E-state index in [1.807, 2.05) is 25.7 Å². The van der Waals surface area contributed by atoms with Gasteiger partial charge in [-0.1, -0.05) is 20.3 Å². The van der Waals surface area contributed by atoms with Crippen LogP contribution in [0.25, 0.3) is 0 Å². The summed E-state index contributed by atoms with van der Waals surface area (Å²) < 4.78 is 11.7. The summed E-state index contributed by atoms with van der Waals surface area (Å²) in [4.78, 5) is 29.1. The lowest BCUT2D eigenvalue weighted by molar-refractivity contribution is -0.126. The third kappa shape index (κ3) is 4.85. The molecule has 29 heavy (non-hydrogen) atoms. The molecule has 160 valence electrons. The topological polar surface area (TPSA) is 59.1 Å². The van der Waals surface area contributed by atoms with Crippen molar-refractivity contribution in [3.8, 4) is 5.75 Å². The van der Waals surface area contributed by atoms with Crippen LogP contribution in [0.15, 0.2) is 12.1 Å². The Labute approximate surface area is 174 Å².